The zero-order valence-corrected chi connectivity index (χ0v) is 17.9. The molecule has 2 aliphatic heterocycles. The summed E-state index contributed by atoms with van der Waals surface area (Å²) in [5, 5.41) is 1.09. The van der Waals surface area contributed by atoms with E-state index in [2.05, 4.69) is 11.1 Å². The fourth-order valence-electron chi connectivity index (χ4n) is 5.25. The number of amides is 2. The molecule has 6 heteroatoms. The molecule has 0 saturated carbocycles. The lowest BCUT2D eigenvalue weighted by Gasteiger charge is -2.47. The highest BCUT2D eigenvalue weighted by atomic mass is 19.1. The van der Waals surface area contributed by atoms with Crippen molar-refractivity contribution >= 4 is 22.7 Å². The molecule has 1 N–H and O–H groups in total. The van der Waals surface area contributed by atoms with E-state index in [0.717, 1.165) is 33.3 Å². The number of carbonyl (C=O) groups excluding carboxylic acids is 2. The SMILES string of the molecule is O=C1C2Cc3c([nH]c4ccccc34)C(c3ccccc3)N2C(=O)CN1Cc1ccc(F)cc1. The quantitative estimate of drug-likeness (QED) is 0.520. The summed E-state index contributed by atoms with van der Waals surface area (Å²) in [7, 11) is 0. The molecular formula is C27H22FN3O2. The monoisotopic (exact) mass is 439 g/mol. The van der Waals surface area contributed by atoms with Crippen molar-refractivity contribution in [3.05, 3.63) is 107 Å². The van der Waals surface area contributed by atoms with Crippen LogP contribution in [0.4, 0.5) is 4.39 Å². The minimum absolute atomic E-state index is 0.00556. The van der Waals surface area contributed by atoms with E-state index in [4.69, 9.17) is 0 Å². The highest BCUT2D eigenvalue weighted by Crippen LogP contribution is 2.42. The number of benzene rings is 3. The zero-order chi connectivity index (χ0) is 22.5. The molecule has 1 saturated heterocycles. The van der Waals surface area contributed by atoms with Crippen LogP contribution in [-0.4, -0.2) is 39.2 Å². The molecule has 1 fully saturated rings. The second-order valence-electron chi connectivity index (χ2n) is 8.72. The Balaban J connectivity index is 1.44. The van der Waals surface area contributed by atoms with Gasteiger partial charge in [0.1, 0.15) is 18.4 Å². The van der Waals surface area contributed by atoms with Crippen molar-refractivity contribution in [3.63, 3.8) is 0 Å². The van der Waals surface area contributed by atoms with Gasteiger partial charge in [0.15, 0.2) is 0 Å². The maximum atomic E-state index is 13.7. The van der Waals surface area contributed by atoms with Crippen LogP contribution in [0.5, 0.6) is 0 Å². The van der Waals surface area contributed by atoms with E-state index in [-0.39, 0.29) is 36.8 Å². The van der Waals surface area contributed by atoms with Gasteiger partial charge >= 0.3 is 0 Å². The number of fused-ring (bicyclic) bond motifs is 4. The summed E-state index contributed by atoms with van der Waals surface area (Å²) in [6.07, 6.45) is 0.465. The summed E-state index contributed by atoms with van der Waals surface area (Å²) in [6, 6.07) is 23.1. The predicted octanol–water partition coefficient (Wildman–Crippen LogP) is 4.19. The van der Waals surface area contributed by atoms with Crippen molar-refractivity contribution in [3.8, 4) is 0 Å². The third-order valence-corrected chi connectivity index (χ3v) is 6.74. The zero-order valence-electron chi connectivity index (χ0n) is 17.9. The molecule has 2 amide bonds. The Hall–Kier alpha value is -3.93. The molecule has 4 aromatic rings. The number of aromatic amines is 1. The molecule has 164 valence electrons. The number of hydrogen-bond acceptors (Lipinski definition) is 2. The van der Waals surface area contributed by atoms with E-state index < -0.39 is 6.04 Å². The summed E-state index contributed by atoms with van der Waals surface area (Å²) in [5.41, 5.74) is 4.85. The number of halogens is 1. The van der Waals surface area contributed by atoms with Crippen molar-refractivity contribution in [1.29, 1.82) is 0 Å². The van der Waals surface area contributed by atoms with Gasteiger partial charge in [-0.15, -0.1) is 0 Å². The molecule has 0 aliphatic carbocycles. The predicted molar refractivity (Wildman–Crippen MR) is 123 cm³/mol. The van der Waals surface area contributed by atoms with Crippen molar-refractivity contribution in [2.75, 3.05) is 6.54 Å². The maximum absolute atomic E-state index is 13.7. The van der Waals surface area contributed by atoms with Crippen LogP contribution < -0.4 is 0 Å². The Morgan fingerprint density at radius 1 is 0.909 bits per heavy atom. The smallest absolute Gasteiger partial charge is 0.246 e. The van der Waals surface area contributed by atoms with Crippen LogP contribution in [0, 0.1) is 5.82 Å². The third-order valence-electron chi connectivity index (χ3n) is 6.74. The molecule has 6 rings (SSSR count). The van der Waals surface area contributed by atoms with Crippen LogP contribution in [0.15, 0.2) is 78.9 Å². The van der Waals surface area contributed by atoms with Gasteiger partial charge in [0.05, 0.1) is 6.04 Å². The molecule has 33 heavy (non-hydrogen) atoms. The largest absolute Gasteiger partial charge is 0.356 e. The number of para-hydroxylation sites is 1. The number of H-pyrrole nitrogens is 1. The summed E-state index contributed by atoms with van der Waals surface area (Å²) in [4.78, 5) is 34.1. The van der Waals surface area contributed by atoms with Gasteiger partial charge in [0, 0.05) is 29.6 Å². The Bertz CT molecular complexity index is 1360. The van der Waals surface area contributed by atoms with Crippen molar-refractivity contribution in [2.45, 2.75) is 25.0 Å². The molecule has 5 nitrogen and oxygen atoms in total. The summed E-state index contributed by atoms with van der Waals surface area (Å²) in [5.74, 6) is -0.480. The lowest BCUT2D eigenvalue weighted by Crippen LogP contribution is -2.62. The number of piperazine rings is 1. The number of carbonyl (C=O) groups is 2. The lowest BCUT2D eigenvalue weighted by molar-refractivity contribution is -0.159. The van der Waals surface area contributed by atoms with E-state index >= 15 is 0 Å². The summed E-state index contributed by atoms with van der Waals surface area (Å²) < 4.78 is 13.3. The minimum atomic E-state index is -0.580. The van der Waals surface area contributed by atoms with Gasteiger partial charge in [0.2, 0.25) is 11.8 Å². The van der Waals surface area contributed by atoms with Crippen LogP contribution in [0.2, 0.25) is 0 Å². The topological polar surface area (TPSA) is 56.4 Å². The van der Waals surface area contributed by atoms with Crippen molar-refractivity contribution in [1.82, 2.24) is 14.8 Å². The first-order chi connectivity index (χ1) is 16.1. The standard InChI is InChI=1S/C27H22FN3O2/c28-19-12-10-17(11-13-19)15-30-16-24(32)31-23(27(30)33)14-21-20-8-4-5-9-22(20)29-25(21)26(31)18-6-2-1-3-7-18/h1-13,23,26,29H,14-16H2. The normalized spacial score (nSPS) is 20.2. The van der Waals surface area contributed by atoms with Gasteiger partial charge in [-0.3, -0.25) is 9.59 Å². The van der Waals surface area contributed by atoms with Crippen LogP contribution in [0.25, 0.3) is 10.9 Å². The average molecular weight is 439 g/mol. The maximum Gasteiger partial charge on any atom is 0.246 e. The summed E-state index contributed by atoms with van der Waals surface area (Å²) in [6.45, 7) is 0.289. The van der Waals surface area contributed by atoms with E-state index in [1.165, 1.54) is 12.1 Å². The summed E-state index contributed by atoms with van der Waals surface area (Å²) >= 11 is 0. The first-order valence-corrected chi connectivity index (χ1v) is 11.1. The molecule has 1 aromatic heterocycles. The number of nitrogens with one attached hydrogen (secondary N) is 1. The van der Waals surface area contributed by atoms with Gasteiger partial charge in [-0.2, -0.15) is 0 Å². The Labute approximate surface area is 190 Å². The second-order valence-corrected chi connectivity index (χ2v) is 8.72. The molecular weight excluding hydrogens is 417 g/mol. The minimum Gasteiger partial charge on any atom is -0.356 e. The van der Waals surface area contributed by atoms with Crippen molar-refractivity contribution < 1.29 is 14.0 Å². The highest BCUT2D eigenvalue weighted by Gasteiger charge is 2.48. The molecule has 2 aliphatic rings. The van der Waals surface area contributed by atoms with Gasteiger partial charge < -0.3 is 14.8 Å². The average Bonchev–Trinajstić information content (AvgIpc) is 3.21. The Kier molecular flexibility index (Phi) is 4.54. The first-order valence-electron chi connectivity index (χ1n) is 11.1. The van der Waals surface area contributed by atoms with E-state index in [1.807, 2.05) is 48.5 Å². The molecule has 0 spiro atoms. The number of nitrogens with zero attached hydrogens (tertiary/aromatic N) is 2. The second kappa shape index (κ2) is 7.59. The van der Waals surface area contributed by atoms with Crippen molar-refractivity contribution in [2.24, 2.45) is 0 Å². The molecule has 2 atom stereocenters. The van der Waals surface area contributed by atoms with Gasteiger partial charge in [-0.05, 0) is 34.9 Å². The van der Waals surface area contributed by atoms with Crippen LogP contribution in [0.1, 0.15) is 28.4 Å². The van der Waals surface area contributed by atoms with E-state index in [1.54, 1.807) is 21.9 Å². The fraction of sp³-hybridized carbons (Fsp3) is 0.185. The van der Waals surface area contributed by atoms with Crippen LogP contribution in [-0.2, 0) is 22.6 Å². The molecule has 2 unspecified atom stereocenters. The number of aromatic nitrogens is 1. The molecule has 0 bridgehead atoms. The van der Waals surface area contributed by atoms with Gasteiger partial charge in [-0.25, -0.2) is 4.39 Å². The van der Waals surface area contributed by atoms with Gasteiger partial charge in [-0.1, -0.05) is 60.7 Å². The van der Waals surface area contributed by atoms with E-state index in [0.29, 0.717) is 6.42 Å². The van der Waals surface area contributed by atoms with Gasteiger partial charge in [0.25, 0.3) is 0 Å². The molecule has 0 radical (unpaired) electrons. The van der Waals surface area contributed by atoms with Crippen LogP contribution >= 0.6 is 0 Å². The van der Waals surface area contributed by atoms with E-state index in [9.17, 15) is 14.0 Å². The Morgan fingerprint density at radius 2 is 1.64 bits per heavy atom. The Morgan fingerprint density at radius 3 is 2.42 bits per heavy atom. The third kappa shape index (κ3) is 3.21. The number of rotatable bonds is 3. The van der Waals surface area contributed by atoms with Crippen LogP contribution in [0.3, 0.4) is 0 Å². The molecule has 3 aromatic carbocycles. The fourth-order valence-corrected chi connectivity index (χ4v) is 5.25. The highest BCUT2D eigenvalue weighted by molar-refractivity contribution is 5.97. The number of hydrogen-bond donors (Lipinski definition) is 1. The lowest BCUT2D eigenvalue weighted by atomic mass is 9.86. The molecule has 3 heterocycles. The first kappa shape index (κ1) is 19.7.